The molecule has 0 spiro atoms. The van der Waals surface area contributed by atoms with Crippen LogP contribution in [0.3, 0.4) is 0 Å². The van der Waals surface area contributed by atoms with Gasteiger partial charge in [-0.3, -0.25) is 0 Å². The summed E-state index contributed by atoms with van der Waals surface area (Å²) in [6, 6.07) is 90.9. The fourth-order valence-electron chi connectivity index (χ4n) is 9.06. The van der Waals surface area contributed by atoms with Crippen LogP contribution in [0.2, 0.25) is 0 Å². The smallest absolute Gasteiger partial charge is 0.0449 e. The molecule has 2 heterocycles. The van der Waals surface area contributed by atoms with E-state index in [9.17, 15) is 0 Å². The fraction of sp³-hybridized carbons (Fsp3) is 0.0462. The Morgan fingerprint density at radius 1 is 0.309 bits per heavy atom. The summed E-state index contributed by atoms with van der Waals surface area (Å²) < 4.78 is 0. The highest BCUT2D eigenvalue weighted by atomic mass is 32.1. The Morgan fingerprint density at radius 2 is 0.765 bits per heavy atom. The summed E-state index contributed by atoms with van der Waals surface area (Å²) in [7, 11) is 2.07. The van der Waals surface area contributed by atoms with Gasteiger partial charge < -0.3 is 4.90 Å². The molecule has 10 aromatic carbocycles. The Morgan fingerprint density at radius 3 is 1.38 bits per heavy atom. The van der Waals surface area contributed by atoms with Crippen LogP contribution in [0.4, 0.5) is 11.4 Å². The van der Waals surface area contributed by atoms with E-state index in [2.05, 4.69) is 268 Å². The van der Waals surface area contributed by atoms with Gasteiger partial charge in [0, 0.05) is 37.9 Å². The molecule has 0 saturated heterocycles. The van der Waals surface area contributed by atoms with Crippen molar-refractivity contribution in [1.82, 2.24) is 0 Å². The molecule has 12 rings (SSSR count). The summed E-state index contributed by atoms with van der Waals surface area (Å²) in [5, 5.41) is 7.74. The molecule has 0 atom stereocenters. The Hall–Kier alpha value is -7.82. The van der Waals surface area contributed by atoms with E-state index in [0.717, 1.165) is 0 Å². The molecule has 12 aromatic rings. The molecule has 1 nitrogen and oxygen atoms in total. The lowest BCUT2D eigenvalue weighted by molar-refractivity contribution is 1.21. The largest absolute Gasteiger partial charge is 0.345 e. The second kappa shape index (κ2) is 20.4. The highest BCUT2D eigenvalue weighted by Crippen LogP contribution is 2.44. The average Bonchev–Trinajstić information content (AvgIpc) is 4.09. The Kier molecular flexibility index (Phi) is 13.2. The topological polar surface area (TPSA) is 3.24 Å². The molecule has 0 amide bonds. The first-order valence-electron chi connectivity index (χ1n) is 23.1. The van der Waals surface area contributed by atoms with E-state index in [0.29, 0.717) is 0 Å². The van der Waals surface area contributed by atoms with Crippen molar-refractivity contribution in [3.8, 4) is 53.6 Å². The molecule has 328 valence electrons. The van der Waals surface area contributed by atoms with E-state index in [1.807, 2.05) is 34.8 Å². The molecule has 0 radical (unpaired) electrons. The number of fused-ring (bicyclic) bond motifs is 3. The minimum atomic E-state index is 1.21. The molecular weight excluding hydrogens is 859 g/mol. The highest BCUT2D eigenvalue weighted by molar-refractivity contribution is 7.23. The summed E-state index contributed by atoms with van der Waals surface area (Å²) in [6.07, 6.45) is 0. The molecule has 0 saturated carbocycles. The predicted molar refractivity (Wildman–Crippen MR) is 299 cm³/mol. The van der Waals surface area contributed by atoms with Crippen LogP contribution in [-0.2, 0) is 0 Å². The standard InChI is InChI=1S/C37H26.C15H12S2.C13H13N/c1-25-18-23-34-35(24-25)37(28-11-3-2-4-12-28)33-16-8-7-15-32(33)36(34)29-21-19-27(20-22-29)31-17-9-13-26-10-5-6-14-30(26)31;1-11-7-8-14(16-11)15-10-9-13(17-15)12-5-3-2-4-6-12;1-14(12-8-4-2-5-9-12)13-10-6-3-7-11-13/h2-24H,1H3;2-10H,1H3;2-11H,1H3. The number of thiophene rings is 2. The van der Waals surface area contributed by atoms with Gasteiger partial charge in [0.15, 0.2) is 0 Å². The summed E-state index contributed by atoms with van der Waals surface area (Å²) in [4.78, 5) is 7.61. The maximum absolute atomic E-state index is 2.35. The third-order valence-electron chi connectivity index (χ3n) is 12.5. The van der Waals surface area contributed by atoms with Crippen molar-refractivity contribution in [3.63, 3.8) is 0 Å². The lowest BCUT2D eigenvalue weighted by Gasteiger charge is -2.18. The Labute approximate surface area is 408 Å². The van der Waals surface area contributed by atoms with E-state index in [4.69, 9.17) is 0 Å². The Bertz CT molecular complexity index is 3530. The van der Waals surface area contributed by atoms with Crippen molar-refractivity contribution < 1.29 is 0 Å². The molecule has 0 unspecified atom stereocenters. The molecule has 3 heteroatoms. The number of benzene rings is 10. The van der Waals surface area contributed by atoms with E-state index in [1.54, 1.807) is 0 Å². The summed E-state index contributed by atoms with van der Waals surface area (Å²) >= 11 is 3.72. The number of anilines is 2. The van der Waals surface area contributed by atoms with Crippen LogP contribution in [0.15, 0.2) is 255 Å². The van der Waals surface area contributed by atoms with Gasteiger partial charge in [0.25, 0.3) is 0 Å². The van der Waals surface area contributed by atoms with Gasteiger partial charge >= 0.3 is 0 Å². The minimum Gasteiger partial charge on any atom is -0.345 e. The van der Waals surface area contributed by atoms with E-state index < -0.39 is 0 Å². The van der Waals surface area contributed by atoms with Crippen LogP contribution in [0.1, 0.15) is 10.4 Å². The lowest BCUT2D eigenvalue weighted by Crippen LogP contribution is -2.08. The summed E-state index contributed by atoms with van der Waals surface area (Å²) in [6.45, 7) is 4.34. The zero-order valence-corrected chi connectivity index (χ0v) is 40.1. The van der Waals surface area contributed by atoms with Crippen LogP contribution >= 0.6 is 22.7 Å². The number of nitrogens with zero attached hydrogens (tertiary/aromatic N) is 1. The average molecular weight is 910 g/mol. The van der Waals surface area contributed by atoms with Crippen LogP contribution in [0.5, 0.6) is 0 Å². The minimum absolute atomic E-state index is 1.21. The second-order valence-electron chi connectivity index (χ2n) is 17.0. The molecular formula is C65H51NS2. The molecule has 2 aromatic heterocycles. The van der Waals surface area contributed by atoms with Gasteiger partial charge in [-0.05, 0) is 134 Å². The molecule has 0 aliphatic rings. The zero-order chi connectivity index (χ0) is 46.2. The van der Waals surface area contributed by atoms with Crippen LogP contribution in [-0.4, -0.2) is 7.05 Å². The quantitative estimate of drug-likeness (QED) is 0.144. The number of hydrogen-bond acceptors (Lipinski definition) is 3. The molecule has 0 bridgehead atoms. The van der Waals surface area contributed by atoms with Crippen molar-refractivity contribution in [3.05, 3.63) is 265 Å². The van der Waals surface area contributed by atoms with Gasteiger partial charge in [0.2, 0.25) is 0 Å². The van der Waals surface area contributed by atoms with Gasteiger partial charge in [-0.15, -0.1) is 22.7 Å². The summed E-state index contributed by atoms with van der Waals surface area (Å²) in [5.74, 6) is 0. The first kappa shape index (κ1) is 44.0. The van der Waals surface area contributed by atoms with Gasteiger partial charge in [0.1, 0.15) is 0 Å². The lowest BCUT2D eigenvalue weighted by atomic mass is 9.85. The maximum Gasteiger partial charge on any atom is 0.0449 e. The molecule has 0 N–H and O–H groups in total. The molecule has 0 aliphatic heterocycles. The van der Waals surface area contributed by atoms with Crippen molar-refractivity contribution in [1.29, 1.82) is 0 Å². The normalized spacial score (nSPS) is 10.9. The molecule has 68 heavy (non-hydrogen) atoms. The fourth-order valence-corrected chi connectivity index (χ4v) is 11.0. The van der Waals surface area contributed by atoms with E-state index in [1.165, 1.54) is 108 Å². The third-order valence-corrected chi connectivity index (χ3v) is 14.8. The van der Waals surface area contributed by atoms with E-state index >= 15 is 0 Å². The van der Waals surface area contributed by atoms with Crippen molar-refractivity contribution >= 4 is 66.4 Å². The number of rotatable bonds is 7. The van der Waals surface area contributed by atoms with E-state index in [-0.39, 0.29) is 0 Å². The monoisotopic (exact) mass is 909 g/mol. The summed E-state index contributed by atoms with van der Waals surface area (Å²) in [5.41, 5.74) is 12.6. The first-order valence-corrected chi connectivity index (χ1v) is 24.8. The van der Waals surface area contributed by atoms with Gasteiger partial charge in [-0.1, -0.05) is 212 Å². The Balaban J connectivity index is 0.000000143. The van der Waals surface area contributed by atoms with Crippen molar-refractivity contribution in [2.24, 2.45) is 0 Å². The van der Waals surface area contributed by atoms with Gasteiger partial charge in [0.05, 0.1) is 0 Å². The predicted octanol–water partition coefficient (Wildman–Crippen LogP) is 19.4. The number of hydrogen-bond donors (Lipinski definition) is 0. The number of aryl methyl sites for hydroxylation is 2. The van der Waals surface area contributed by atoms with Crippen LogP contribution in [0, 0.1) is 13.8 Å². The van der Waals surface area contributed by atoms with Crippen molar-refractivity contribution in [2.75, 3.05) is 11.9 Å². The first-order chi connectivity index (χ1) is 33.5. The van der Waals surface area contributed by atoms with Crippen LogP contribution in [0.25, 0.3) is 85.9 Å². The van der Waals surface area contributed by atoms with Gasteiger partial charge in [-0.25, -0.2) is 0 Å². The SMILES string of the molecule is CN(c1ccccc1)c1ccccc1.Cc1ccc(-c2ccc(-c3ccccc3)s2)s1.Cc1ccc2c(-c3ccc(-c4cccc5ccccc45)cc3)c3ccccc3c(-c3ccccc3)c2c1. The third kappa shape index (κ3) is 9.54. The zero-order valence-electron chi connectivity index (χ0n) is 38.5. The molecule has 0 aliphatic carbocycles. The second-order valence-corrected chi connectivity index (χ2v) is 19.4. The molecule has 0 fully saturated rings. The number of para-hydroxylation sites is 2. The highest BCUT2D eigenvalue weighted by Gasteiger charge is 2.17. The van der Waals surface area contributed by atoms with Crippen molar-refractivity contribution in [2.45, 2.75) is 13.8 Å². The maximum atomic E-state index is 2.35. The van der Waals surface area contributed by atoms with Gasteiger partial charge in [-0.2, -0.15) is 0 Å². The van der Waals surface area contributed by atoms with Crippen LogP contribution < -0.4 is 4.90 Å².